The van der Waals surface area contributed by atoms with Crippen molar-refractivity contribution in [3.63, 3.8) is 0 Å². The summed E-state index contributed by atoms with van der Waals surface area (Å²) in [6.07, 6.45) is -1.85. The Hall–Kier alpha value is -4.48. The zero-order valence-electron chi connectivity index (χ0n) is 20.6. The number of carbonyl (C=O) groups is 1. The quantitative estimate of drug-likeness (QED) is 0.393. The van der Waals surface area contributed by atoms with E-state index in [-0.39, 0.29) is 28.6 Å². The van der Waals surface area contributed by atoms with Gasteiger partial charge in [0.25, 0.3) is 5.56 Å². The van der Waals surface area contributed by atoms with Crippen molar-refractivity contribution in [3.8, 4) is 16.9 Å². The van der Waals surface area contributed by atoms with Gasteiger partial charge in [-0.05, 0) is 56.2 Å². The maximum atomic E-state index is 13.4. The van der Waals surface area contributed by atoms with E-state index < -0.39 is 23.4 Å². The number of benzene rings is 1. The summed E-state index contributed by atoms with van der Waals surface area (Å²) in [5.41, 5.74) is 1.47. The van der Waals surface area contributed by atoms with Gasteiger partial charge in [0.05, 0.1) is 7.11 Å². The molecule has 0 unspecified atom stereocenters. The molecule has 3 aromatic heterocycles. The average Bonchev–Trinajstić information content (AvgIpc) is 3.21. The number of nitrogens with one attached hydrogen (secondary N) is 1. The number of ether oxygens (including phenoxy) is 1. The smallest absolute Gasteiger partial charge is 0.435 e. The monoisotopic (exact) mass is 512 g/mol. The molecule has 3 heterocycles. The van der Waals surface area contributed by atoms with Crippen molar-refractivity contribution < 1.29 is 22.7 Å². The van der Waals surface area contributed by atoms with Crippen molar-refractivity contribution in [3.05, 3.63) is 81.2 Å². The third kappa shape index (κ3) is 5.22. The Labute approximate surface area is 209 Å². The second-order valence-corrected chi connectivity index (χ2v) is 8.56. The summed E-state index contributed by atoms with van der Waals surface area (Å²) >= 11 is 0. The molecule has 0 fully saturated rings. The van der Waals surface area contributed by atoms with E-state index in [1.807, 2.05) is 32.0 Å². The van der Waals surface area contributed by atoms with Crippen LogP contribution in [0.5, 0.6) is 0 Å². The van der Waals surface area contributed by atoms with E-state index in [0.29, 0.717) is 11.3 Å². The third-order valence-corrected chi connectivity index (χ3v) is 5.52. The van der Waals surface area contributed by atoms with Crippen molar-refractivity contribution in [1.29, 1.82) is 0 Å². The molecule has 192 valence electrons. The third-order valence-electron chi connectivity index (χ3n) is 5.52. The minimum absolute atomic E-state index is 0.0179. The molecular formula is C25H23F3N6O3. The fraction of sp³-hybridized carbons (Fsp3) is 0.240. The largest absolute Gasteiger partial charge is 0.465 e. The first-order chi connectivity index (χ1) is 17.4. The van der Waals surface area contributed by atoms with Crippen LogP contribution in [0, 0.1) is 20.8 Å². The number of alkyl halides is 3. The van der Waals surface area contributed by atoms with Crippen LogP contribution in [0.25, 0.3) is 16.9 Å². The van der Waals surface area contributed by atoms with Crippen LogP contribution in [0.3, 0.4) is 0 Å². The number of pyridine rings is 1. The molecule has 12 heteroatoms. The molecule has 37 heavy (non-hydrogen) atoms. The maximum Gasteiger partial charge on any atom is 0.435 e. The molecule has 0 aliphatic rings. The standard InChI is InChI=1S/C25H23F3N6O3/c1-13-6-14(2)8-17(7-13)30-24-29-11-19(16-10-18(23(36)37-5)22(35)33(4)12-16)21(31-24)34-15(3)9-20(32-34)25(26,27)28/h6-12H,1-5H3,(H,29,30,31). The Kier molecular flexibility index (Phi) is 6.59. The second kappa shape index (κ2) is 9.52. The molecule has 0 aliphatic heterocycles. The van der Waals surface area contributed by atoms with Gasteiger partial charge in [0.15, 0.2) is 11.5 Å². The number of halogens is 3. The maximum absolute atomic E-state index is 13.4. The molecule has 4 rings (SSSR count). The highest BCUT2D eigenvalue weighted by Crippen LogP contribution is 2.32. The minimum atomic E-state index is -4.67. The van der Waals surface area contributed by atoms with Gasteiger partial charge in [0, 0.05) is 41.9 Å². The number of esters is 1. The number of nitrogens with zero attached hydrogens (tertiary/aromatic N) is 5. The van der Waals surface area contributed by atoms with E-state index in [0.717, 1.165) is 29.0 Å². The predicted octanol–water partition coefficient (Wildman–Crippen LogP) is 4.50. The molecule has 0 radical (unpaired) electrons. The van der Waals surface area contributed by atoms with Gasteiger partial charge in [-0.2, -0.15) is 23.3 Å². The second-order valence-electron chi connectivity index (χ2n) is 8.56. The zero-order chi connectivity index (χ0) is 27.1. The lowest BCUT2D eigenvalue weighted by molar-refractivity contribution is -0.141. The Morgan fingerprint density at radius 3 is 2.32 bits per heavy atom. The average molecular weight is 512 g/mol. The molecule has 4 aromatic rings. The van der Waals surface area contributed by atoms with Crippen LogP contribution in [-0.4, -0.2) is 37.4 Å². The fourth-order valence-corrected chi connectivity index (χ4v) is 3.92. The number of aromatic nitrogens is 5. The molecule has 0 saturated carbocycles. The highest BCUT2D eigenvalue weighted by molar-refractivity contribution is 5.90. The van der Waals surface area contributed by atoms with Crippen molar-refractivity contribution in [2.45, 2.75) is 26.9 Å². The van der Waals surface area contributed by atoms with E-state index in [1.54, 1.807) is 0 Å². The molecule has 9 nitrogen and oxygen atoms in total. The number of rotatable bonds is 5. The molecule has 0 bridgehead atoms. The summed E-state index contributed by atoms with van der Waals surface area (Å²) < 4.78 is 47.2. The van der Waals surface area contributed by atoms with E-state index in [9.17, 15) is 22.8 Å². The summed E-state index contributed by atoms with van der Waals surface area (Å²) in [5, 5.41) is 6.82. The summed E-state index contributed by atoms with van der Waals surface area (Å²) in [7, 11) is 2.58. The summed E-state index contributed by atoms with van der Waals surface area (Å²) in [6.45, 7) is 5.32. The van der Waals surface area contributed by atoms with Gasteiger partial charge in [-0.3, -0.25) is 4.79 Å². The van der Waals surface area contributed by atoms with Crippen molar-refractivity contribution in [2.24, 2.45) is 7.05 Å². The van der Waals surface area contributed by atoms with Gasteiger partial charge in [-0.1, -0.05) is 6.07 Å². The van der Waals surface area contributed by atoms with Gasteiger partial charge >= 0.3 is 12.1 Å². The molecular weight excluding hydrogens is 489 g/mol. The van der Waals surface area contributed by atoms with E-state index >= 15 is 0 Å². The normalized spacial score (nSPS) is 11.5. The summed E-state index contributed by atoms with van der Waals surface area (Å²) in [5.74, 6) is -0.720. The lowest BCUT2D eigenvalue weighted by Crippen LogP contribution is -2.25. The van der Waals surface area contributed by atoms with Crippen molar-refractivity contribution in [2.75, 3.05) is 12.4 Å². The first-order valence-electron chi connectivity index (χ1n) is 11.0. The number of carbonyl (C=O) groups excluding carboxylic acids is 1. The fourth-order valence-electron chi connectivity index (χ4n) is 3.92. The first kappa shape index (κ1) is 25.6. The first-order valence-corrected chi connectivity index (χ1v) is 11.0. The minimum Gasteiger partial charge on any atom is -0.465 e. The van der Waals surface area contributed by atoms with E-state index in [4.69, 9.17) is 4.74 Å². The van der Waals surface area contributed by atoms with Gasteiger partial charge < -0.3 is 14.6 Å². The lowest BCUT2D eigenvalue weighted by atomic mass is 10.1. The van der Waals surface area contributed by atoms with Gasteiger partial charge in [-0.15, -0.1) is 0 Å². The lowest BCUT2D eigenvalue weighted by Gasteiger charge is -2.14. The van der Waals surface area contributed by atoms with E-state index in [1.165, 1.54) is 37.0 Å². The number of hydrogen-bond acceptors (Lipinski definition) is 7. The SMILES string of the molecule is COC(=O)c1cc(-c2cnc(Nc3cc(C)cc(C)c3)nc2-n2nc(C(F)(F)F)cc2C)cn(C)c1=O. The Balaban J connectivity index is 1.93. The number of hydrogen-bond donors (Lipinski definition) is 1. The number of methoxy groups -OCH3 is 1. The predicted molar refractivity (Wildman–Crippen MR) is 130 cm³/mol. The van der Waals surface area contributed by atoms with Crippen molar-refractivity contribution >= 4 is 17.6 Å². The molecule has 0 saturated heterocycles. The topological polar surface area (TPSA) is 104 Å². The zero-order valence-corrected chi connectivity index (χ0v) is 20.6. The van der Waals surface area contributed by atoms with E-state index in [2.05, 4.69) is 20.4 Å². The van der Waals surface area contributed by atoms with Gasteiger partial charge in [0.1, 0.15) is 5.56 Å². The van der Waals surface area contributed by atoms with Crippen LogP contribution in [0.2, 0.25) is 0 Å². The highest BCUT2D eigenvalue weighted by Gasteiger charge is 2.35. The van der Waals surface area contributed by atoms with Crippen LogP contribution in [-0.2, 0) is 18.0 Å². The summed E-state index contributed by atoms with van der Waals surface area (Å²) in [4.78, 5) is 33.5. The molecule has 1 aromatic carbocycles. The Morgan fingerprint density at radius 2 is 1.73 bits per heavy atom. The van der Waals surface area contributed by atoms with Crippen LogP contribution >= 0.6 is 0 Å². The van der Waals surface area contributed by atoms with Gasteiger partial charge in [-0.25, -0.2) is 14.5 Å². The molecule has 0 spiro atoms. The molecule has 0 aliphatic carbocycles. The van der Waals surface area contributed by atoms with Gasteiger partial charge in [0.2, 0.25) is 5.95 Å². The van der Waals surface area contributed by atoms with Crippen LogP contribution < -0.4 is 10.9 Å². The molecule has 0 amide bonds. The Bertz CT molecular complexity index is 1550. The molecule has 1 N–H and O–H groups in total. The van der Waals surface area contributed by atoms with Crippen LogP contribution in [0.4, 0.5) is 24.8 Å². The molecule has 0 atom stereocenters. The Morgan fingerprint density at radius 1 is 1.05 bits per heavy atom. The number of anilines is 2. The highest BCUT2D eigenvalue weighted by atomic mass is 19.4. The van der Waals surface area contributed by atoms with Crippen molar-refractivity contribution in [1.82, 2.24) is 24.3 Å². The number of aryl methyl sites for hydroxylation is 4. The summed E-state index contributed by atoms with van der Waals surface area (Å²) in [6, 6.07) is 7.94. The van der Waals surface area contributed by atoms with Crippen LogP contribution in [0.1, 0.15) is 32.9 Å². The van der Waals surface area contributed by atoms with Crippen LogP contribution in [0.15, 0.2) is 47.5 Å².